The molecule has 0 aliphatic heterocycles. The molecule has 0 aromatic carbocycles. The third-order valence-corrected chi connectivity index (χ3v) is 2.85. The Morgan fingerprint density at radius 3 is 2.86 bits per heavy atom. The van der Waals surface area contributed by atoms with Crippen LogP contribution in [0, 0.1) is 0 Å². The molecule has 78 valence electrons. The summed E-state index contributed by atoms with van der Waals surface area (Å²) in [6.07, 6.45) is 1.14. The molecule has 1 heterocycles. The van der Waals surface area contributed by atoms with E-state index in [0.29, 0.717) is 13.0 Å². The molecule has 3 heteroatoms. The number of carbonyl (C=O) groups excluding carboxylic acids is 1. The molecule has 1 rings (SSSR count). The highest BCUT2D eigenvalue weighted by atomic mass is 32.1. The largest absolute Gasteiger partial charge is 0.365 e. The van der Waals surface area contributed by atoms with Crippen LogP contribution in [0.2, 0.25) is 0 Å². The molecule has 0 saturated carbocycles. The monoisotopic (exact) mass is 212 g/mol. The molecule has 0 spiro atoms. The van der Waals surface area contributed by atoms with Gasteiger partial charge in [-0.3, -0.25) is 4.79 Å². The second kappa shape index (κ2) is 5.94. The Morgan fingerprint density at radius 2 is 2.36 bits per heavy atom. The Balaban J connectivity index is 2.67. The fourth-order valence-corrected chi connectivity index (χ4v) is 1.99. The van der Waals surface area contributed by atoms with E-state index in [-0.39, 0.29) is 11.9 Å². The maximum atomic E-state index is 11.6. The quantitative estimate of drug-likeness (QED) is 0.724. The number of hydrogen-bond donors (Lipinski definition) is 0. The minimum absolute atomic E-state index is 0.168. The fourth-order valence-electron chi connectivity index (χ4n) is 1.20. The van der Waals surface area contributed by atoms with E-state index in [1.165, 1.54) is 0 Å². The van der Waals surface area contributed by atoms with Crippen molar-refractivity contribution in [2.75, 3.05) is 6.61 Å². The van der Waals surface area contributed by atoms with Crippen molar-refractivity contribution in [3.8, 4) is 0 Å². The van der Waals surface area contributed by atoms with Crippen molar-refractivity contribution in [2.24, 2.45) is 0 Å². The van der Waals surface area contributed by atoms with Crippen molar-refractivity contribution in [1.82, 2.24) is 0 Å². The summed E-state index contributed by atoms with van der Waals surface area (Å²) in [6.45, 7) is 4.56. The van der Waals surface area contributed by atoms with E-state index in [1.807, 2.05) is 31.4 Å². The first-order valence-electron chi connectivity index (χ1n) is 4.97. The van der Waals surface area contributed by atoms with E-state index in [4.69, 9.17) is 4.74 Å². The zero-order chi connectivity index (χ0) is 10.4. The third-order valence-electron chi connectivity index (χ3n) is 1.93. The lowest BCUT2D eigenvalue weighted by Gasteiger charge is -2.13. The van der Waals surface area contributed by atoms with Crippen LogP contribution in [-0.4, -0.2) is 12.4 Å². The predicted octanol–water partition coefficient (Wildman–Crippen LogP) is 3.19. The first kappa shape index (κ1) is 11.4. The highest BCUT2D eigenvalue weighted by molar-refractivity contribution is 7.10. The number of thiophene rings is 1. The Labute approximate surface area is 88.9 Å². The fraction of sp³-hybridized carbons (Fsp3) is 0.545. The van der Waals surface area contributed by atoms with Crippen molar-refractivity contribution in [3.63, 3.8) is 0 Å². The molecule has 1 unspecified atom stereocenters. The number of hydrogen-bond acceptors (Lipinski definition) is 3. The number of ether oxygens (including phenoxy) is 1. The number of ketones is 1. The Morgan fingerprint density at radius 1 is 1.57 bits per heavy atom. The molecule has 0 radical (unpaired) electrons. The summed E-state index contributed by atoms with van der Waals surface area (Å²) in [5.74, 6) is 0.168. The highest BCUT2D eigenvalue weighted by Gasteiger charge is 2.19. The Hall–Kier alpha value is -0.670. The van der Waals surface area contributed by atoms with Gasteiger partial charge in [-0.1, -0.05) is 19.9 Å². The van der Waals surface area contributed by atoms with Crippen molar-refractivity contribution in [1.29, 1.82) is 0 Å². The average Bonchev–Trinajstić information content (AvgIpc) is 2.71. The summed E-state index contributed by atoms with van der Waals surface area (Å²) in [5.41, 5.74) is 0. The van der Waals surface area contributed by atoms with Crippen molar-refractivity contribution in [2.45, 2.75) is 32.8 Å². The molecule has 0 aliphatic carbocycles. The molecule has 0 aliphatic rings. The molecule has 2 nitrogen and oxygen atoms in total. The van der Waals surface area contributed by atoms with Gasteiger partial charge in [-0.05, 0) is 17.9 Å². The van der Waals surface area contributed by atoms with Gasteiger partial charge in [-0.2, -0.15) is 0 Å². The molecule has 14 heavy (non-hydrogen) atoms. The van der Waals surface area contributed by atoms with E-state index in [2.05, 4.69) is 0 Å². The minimum Gasteiger partial charge on any atom is -0.365 e. The normalized spacial score (nSPS) is 12.7. The van der Waals surface area contributed by atoms with Crippen LogP contribution < -0.4 is 0 Å². The lowest BCUT2D eigenvalue weighted by atomic mass is 10.1. The SMILES string of the molecule is CCCOC(C(=O)CC)c1cccs1. The lowest BCUT2D eigenvalue weighted by molar-refractivity contribution is -0.130. The molecule has 0 amide bonds. The van der Waals surface area contributed by atoms with Gasteiger partial charge < -0.3 is 4.74 Å². The van der Waals surface area contributed by atoms with E-state index in [1.54, 1.807) is 11.3 Å². The Kier molecular flexibility index (Phi) is 4.84. The molecule has 0 fully saturated rings. The van der Waals surface area contributed by atoms with Gasteiger partial charge in [0.1, 0.15) is 6.10 Å². The molecular formula is C11H16O2S. The van der Waals surface area contributed by atoms with Gasteiger partial charge in [0.2, 0.25) is 0 Å². The van der Waals surface area contributed by atoms with Crippen LogP contribution in [0.25, 0.3) is 0 Å². The molecule has 1 aromatic heterocycles. The van der Waals surface area contributed by atoms with Crippen LogP contribution in [0.15, 0.2) is 17.5 Å². The lowest BCUT2D eigenvalue weighted by Crippen LogP contribution is -2.14. The first-order valence-corrected chi connectivity index (χ1v) is 5.85. The molecule has 0 saturated heterocycles. The highest BCUT2D eigenvalue weighted by Crippen LogP contribution is 2.24. The zero-order valence-electron chi connectivity index (χ0n) is 8.66. The molecular weight excluding hydrogens is 196 g/mol. The summed E-state index contributed by atoms with van der Waals surface area (Å²) in [6, 6.07) is 3.91. The van der Waals surface area contributed by atoms with E-state index in [0.717, 1.165) is 11.3 Å². The van der Waals surface area contributed by atoms with E-state index >= 15 is 0 Å². The predicted molar refractivity (Wildman–Crippen MR) is 58.6 cm³/mol. The van der Waals surface area contributed by atoms with Gasteiger partial charge in [-0.25, -0.2) is 0 Å². The number of Topliss-reactive ketones (excluding diaryl/α,β-unsaturated/α-hetero) is 1. The van der Waals surface area contributed by atoms with E-state index in [9.17, 15) is 4.79 Å². The maximum absolute atomic E-state index is 11.6. The van der Waals surface area contributed by atoms with E-state index < -0.39 is 0 Å². The summed E-state index contributed by atoms with van der Waals surface area (Å²) < 4.78 is 5.55. The summed E-state index contributed by atoms with van der Waals surface area (Å²) >= 11 is 1.58. The van der Waals surface area contributed by atoms with Gasteiger partial charge in [0, 0.05) is 17.9 Å². The summed E-state index contributed by atoms with van der Waals surface area (Å²) in [4.78, 5) is 12.6. The molecule has 0 N–H and O–H groups in total. The van der Waals surface area contributed by atoms with Gasteiger partial charge in [0.25, 0.3) is 0 Å². The second-order valence-corrected chi connectivity index (χ2v) is 4.07. The van der Waals surface area contributed by atoms with Gasteiger partial charge in [0.15, 0.2) is 5.78 Å². The summed E-state index contributed by atoms with van der Waals surface area (Å²) in [5, 5.41) is 1.97. The molecule has 1 atom stereocenters. The number of rotatable bonds is 6. The van der Waals surface area contributed by atoms with Gasteiger partial charge in [-0.15, -0.1) is 11.3 Å². The van der Waals surface area contributed by atoms with Crippen LogP contribution in [0.4, 0.5) is 0 Å². The van der Waals surface area contributed by atoms with Crippen molar-refractivity contribution in [3.05, 3.63) is 22.4 Å². The number of carbonyl (C=O) groups is 1. The minimum atomic E-state index is -0.333. The smallest absolute Gasteiger partial charge is 0.166 e. The molecule has 1 aromatic rings. The third kappa shape index (κ3) is 2.93. The summed E-state index contributed by atoms with van der Waals surface area (Å²) in [7, 11) is 0. The van der Waals surface area contributed by atoms with Crippen molar-refractivity contribution >= 4 is 17.1 Å². The van der Waals surface area contributed by atoms with Crippen LogP contribution in [0.5, 0.6) is 0 Å². The maximum Gasteiger partial charge on any atom is 0.166 e. The molecule has 0 bridgehead atoms. The van der Waals surface area contributed by atoms with Crippen LogP contribution in [0.3, 0.4) is 0 Å². The Bertz CT molecular complexity index is 267. The van der Waals surface area contributed by atoms with Gasteiger partial charge >= 0.3 is 0 Å². The standard InChI is InChI=1S/C11H16O2S/c1-3-7-13-11(9(12)4-2)10-6-5-8-14-10/h5-6,8,11H,3-4,7H2,1-2H3. The average molecular weight is 212 g/mol. The first-order chi connectivity index (χ1) is 6.79. The van der Waals surface area contributed by atoms with Crippen LogP contribution >= 0.6 is 11.3 Å². The zero-order valence-corrected chi connectivity index (χ0v) is 9.47. The second-order valence-electron chi connectivity index (χ2n) is 3.09. The van der Waals surface area contributed by atoms with Crippen LogP contribution in [0.1, 0.15) is 37.7 Å². The van der Waals surface area contributed by atoms with Gasteiger partial charge in [0.05, 0.1) is 0 Å². The topological polar surface area (TPSA) is 26.3 Å². The van der Waals surface area contributed by atoms with Crippen molar-refractivity contribution < 1.29 is 9.53 Å². The van der Waals surface area contributed by atoms with Crippen LogP contribution in [-0.2, 0) is 9.53 Å².